The molecule has 0 saturated carbocycles. The molecule has 1 saturated heterocycles. The predicted octanol–water partition coefficient (Wildman–Crippen LogP) is 1.75. The van der Waals surface area contributed by atoms with Gasteiger partial charge in [0.15, 0.2) is 0 Å². The van der Waals surface area contributed by atoms with Gasteiger partial charge in [-0.3, -0.25) is 9.59 Å². The molecule has 0 unspecified atom stereocenters. The van der Waals surface area contributed by atoms with E-state index in [9.17, 15) is 9.59 Å². The highest BCUT2D eigenvalue weighted by molar-refractivity contribution is 9.10. The maximum atomic E-state index is 11.4. The highest BCUT2D eigenvalue weighted by Gasteiger charge is 2.30. The van der Waals surface area contributed by atoms with E-state index in [0.29, 0.717) is 13.0 Å². The number of ketones is 1. The largest absolute Gasteiger partial charge is 0.304 e. The summed E-state index contributed by atoms with van der Waals surface area (Å²) in [4.78, 5) is 24.0. The fraction of sp³-hybridized carbons (Fsp3) is 0.200. The van der Waals surface area contributed by atoms with Gasteiger partial charge in [0.05, 0.1) is 5.69 Å². The first-order valence-electron chi connectivity index (χ1n) is 4.29. The zero-order valence-corrected chi connectivity index (χ0v) is 8.95. The smallest absolute Gasteiger partial charge is 0.294 e. The Morgan fingerprint density at radius 3 is 2.50 bits per heavy atom. The number of benzene rings is 1. The number of carbonyl (C=O) groups is 2. The quantitative estimate of drug-likeness (QED) is 0.716. The van der Waals surface area contributed by atoms with E-state index in [1.165, 1.54) is 4.90 Å². The number of nitrogens with zero attached hydrogens (tertiary/aromatic N) is 1. The van der Waals surface area contributed by atoms with Crippen molar-refractivity contribution < 1.29 is 9.59 Å². The molecule has 1 aromatic carbocycles. The van der Waals surface area contributed by atoms with Gasteiger partial charge in [0.25, 0.3) is 5.91 Å². The maximum absolute atomic E-state index is 11.4. The van der Waals surface area contributed by atoms with E-state index in [1.807, 2.05) is 24.3 Å². The normalized spacial score (nSPS) is 16.5. The predicted molar refractivity (Wildman–Crippen MR) is 56.1 cm³/mol. The summed E-state index contributed by atoms with van der Waals surface area (Å²) in [5, 5.41) is 0. The summed E-state index contributed by atoms with van der Waals surface area (Å²) in [6.45, 7) is 0.486. The van der Waals surface area contributed by atoms with Gasteiger partial charge in [0, 0.05) is 17.4 Å². The van der Waals surface area contributed by atoms with Gasteiger partial charge < -0.3 is 4.90 Å². The summed E-state index contributed by atoms with van der Waals surface area (Å²) < 4.78 is 0.836. The minimum Gasteiger partial charge on any atom is -0.304 e. The van der Waals surface area contributed by atoms with E-state index in [1.54, 1.807) is 0 Å². The number of hydrogen-bond donors (Lipinski definition) is 0. The number of para-hydroxylation sites is 1. The highest BCUT2D eigenvalue weighted by atomic mass is 79.9. The molecule has 0 bridgehead atoms. The van der Waals surface area contributed by atoms with E-state index in [2.05, 4.69) is 15.9 Å². The van der Waals surface area contributed by atoms with Crippen LogP contribution in [0.2, 0.25) is 0 Å². The molecule has 4 heteroatoms. The molecule has 1 aromatic rings. The summed E-state index contributed by atoms with van der Waals surface area (Å²) >= 11 is 3.35. The Hall–Kier alpha value is -1.16. The fourth-order valence-corrected chi connectivity index (χ4v) is 1.97. The zero-order valence-electron chi connectivity index (χ0n) is 7.37. The first kappa shape index (κ1) is 9.40. The number of Topliss-reactive ketones (excluding diaryl/α,β-unsaturated/α-hetero) is 1. The average Bonchev–Trinajstić information content (AvgIpc) is 2.49. The van der Waals surface area contributed by atoms with Gasteiger partial charge in [-0.1, -0.05) is 12.1 Å². The maximum Gasteiger partial charge on any atom is 0.294 e. The van der Waals surface area contributed by atoms with Crippen molar-refractivity contribution in [1.29, 1.82) is 0 Å². The van der Waals surface area contributed by atoms with E-state index >= 15 is 0 Å². The van der Waals surface area contributed by atoms with Crippen molar-refractivity contribution in [3.8, 4) is 0 Å². The number of amides is 1. The summed E-state index contributed by atoms with van der Waals surface area (Å²) in [6, 6.07) is 7.39. The number of rotatable bonds is 1. The Morgan fingerprint density at radius 2 is 1.93 bits per heavy atom. The molecule has 3 nitrogen and oxygen atoms in total. The van der Waals surface area contributed by atoms with Crippen molar-refractivity contribution in [3.63, 3.8) is 0 Å². The van der Waals surface area contributed by atoms with Crippen LogP contribution in [0, 0.1) is 0 Å². The third-order valence-corrected chi connectivity index (χ3v) is 2.86. The van der Waals surface area contributed by atoms with Gasteiger partial charge in [-0.05, 0) is 28.1 Å². The molecule has 72 valence electrons. The fourth-order valence-electron chi connectivity index (χ4n) is 1.47. The van der Waals surface area contributed by atoms with Gasteiger partial charge in [-0.2, -0.15) is 0 Å². The summed E-state index contributed by atoms with van der Waals surface area (Å²) in [6.07, 6.45) is 0.320. The van der Waals surface area contributed by atoms with E-state index < -0.39 is 5.91 Å². The molecule has 1 amide bonds. The molecule has 1 heterocycles. The SMILES string of the molecule is O=C1CCN(c2ccccc2Br)C1=O. The van der Waals surface area contributed by atoms with Crippen LogP contribution in [-0.4, -0.2) is 18.2 Å². The summed E-state index contributed by atoms with van der Waals surface area (Å²) in [5.41, 5.74) is 0.767. The highest BCUT2D eigenvalue weighted by Crippen LogP contribution is 2.28. The monoisotopic (exact) mass is 253 g/mol. The Bertz CT molecular complexity index is 403. The first-order chi connectivity index (χ1) is 6.70. The first-order valence-corrected chi connectivity index (χ1v) is 5.08. The second-order valence-electron chi connectivity index (χ2n) is 3.08. The number of halogens is 1. The van der Waals surface area contributed by atoms with Crippen LogP contribution in [0.25, 0.3) is 0 Å². The molecule has 1 fully saturated rings. The molecule has 1 aliphatic heterocycles. The van der Waals surface area contributed by atoms with Crippen LogP contribution in [0.15, 0.2) is 28.7 Å². The van der Waals surface area contributed by atoms with Gasteiger partial charge >= 0.3 is 0 Å². The van der Waals surface area contributed by atoms with E-state index in [4.69, 9.17) is 0 Å². The Labute approximate surface area is 89.8 Å². The number of anilines is 1. The lowest BCUT2D eigenvalue weighted by atomic mass is 10.3. The minimum absolute atomic E-state index is 0.305. The summed E-state index contributed by atoms with van der Waals surface area (Å²) in [5.74, 6) is -0.711. The Balaban J connectivity index is 2.37. The van der Waals surface area contributed by atoms with E-state index in [0.717, 1.165) is 10.2 Å². The van der Waals surface area contributed by atoms with Crippen molar-refractivity contribution >= 4 is 33.3 Å². The molecular formula is C10H8BrNO2. The molecular weight excluding hydrogens is 246 g/mol. The molecule has 14 heavy (non-hydrogen) atoms. The molecule has 0 aromatic heterocycles. The second-order valence-corrected chi connectivity index (χ2v) is 3.94. The topological polar surface area (TPSA) is 37.4 Å². The molecule has 0 aliphatic carbocycles. The lowest BCUT2D eigenvalue weighted by Gasteiger charge is -2.15. The van der Waals surface area contributed by atoms with Crippen LogP contribution in [0.5, 0.6) is 0 Å². The van der Waals surface area contributed by atoms with E-state index in [-0.39, 0.29) is 5.78 Å². The van der Waals surface area contributed by atoms with Crippen LogP contribution < -0.4 is 4.90 Å². The standard InChI is InChI=1S/C10H8BrNO2/c11-7-3-1-2-4-8(7)12-6-5-9(13)10(12)14/h1-4H,5-6H2. The summed E-state index contributed by atoms with van der Waals surface area (Å²) in [7, 11) is 0. The molecule has 0 N–H and O–H groups in total. The van der Waals surface area contributed by atoms with Crippen LogP contribution in [0.1, 0.15) is 6.42 Å². The third-order valence-electron chi connectivity index (χ3n) is 2.19. The Morgan fingerprint density at radius 1 is 1.21 bits per heavy atom. The van der Waals surface area contributed by atoms with Crippen LogP contribution >= 0.6 is 15.9 Å². The molecule has 0 radical (unpaired) electrons. The average molecular weight is 254 g/mol. The lowest BCUT2D eigenvalue weighted by Crippen LogP contribution is -2.27. The third kappa shape index (κ3) is 1.46. The van der Waals surface area contributed by atoms with Gasteiger partial charge in [-0.25, -0.2) is 0 Å². The van der Waals surface area contributed by atoms with Crippen LogP contribution in [-0.2, 0) is 9.59 Å². The van der Waals surface area contributed by atoms with Gasteiger partial charge in [0.1, 0.15) is 0 Å². The second kappa shape index (κ2) is 3.53. The van der Waals surface area contributed by atoms with Crippen LogP contribution in [0.4, 0.5) is 5.69 Å². The van der Waals surface area contributed by atoms with Gasteiger partial charge in [0.2, 0.25) is 5.78 Å². The lowest BCUT2D eigenvalue weighted by molar-refractivity contribution is -0.133. The van der Waals surface area contributed by atoms with Crippen molar-refractivity contribution in [2.45, 2.75) is 6.42 Å². The number of carbonyl (C=O) groups excluding carboxylic acids is 2. The van der Waals surface area contributed by atoms with Crippen molar-refractivity contribution in [1.82, 2.24) is 0 Å². The molecule has 0 atom stereocenters. The zero-order chi connectivity index (χ0) is 10.1. The molecule has 2 rings (SSSR count). The van der Waals surface area contributed by atoms with Crippen LogP contribution in [0.3, 0.4) is 0 Å². The van der Waals surface area contributed by atoms with Crippen molar-refractivity contribution in [3.05, 3.63) is 28.7 Å². The Kier molecular flexibility index (Phi) is 2.37. The minimum atomic E-state index is -0.406. The van der Waals surface area contributed by atoms with Crippen molar-refractivity contribution in [2.24, 2.45) is 0 Å². The number of hydrogen-bond acceptors (Lipinski definition) is 2. The van der Waals surface area contributed by atoms with Crippen molar-refractivity contribution in [2.75, 3.05) is 11.4 Å². The molecule has 0 spiro atoms. The van der Waals surface area contributed by atoms with Gasteiger partial charge in [-0.15, -0.1) is 0 Å². The molecule has 1 aliphatic rings.